The fraction of sp³-hybridized carbons (Fsp3) is 0.462. The van der Waals surface area contributed by atoms with Gasteiger partial charge in [-0.3, -0.25) is 9.59 Å². The Morgan fingerprint density at radius 3 is 2.17 bits per heavy atom. The van der Waals surface area contributed by atoms with E-state index in [2.05, 4.69) is 41.8 Å². The number of benzene rings is 2. The standard InChI is InChI=1S/C26H30N2O2/c1-17-6-8-21(9-7-17)25-12-19-10-20(13-25)15-26(14-19,16-25)24(30)28-23-5-3-4-22(11-23)27-18(2)29/h3-9,11,19-20H,10,12-16H2,1-2H3,(H,27,29)(H,28,30). The summed E-state index contributed by atoms with van der Waals surface area (Å²) < 4.78 is 0. The van der Waals surface area contributed by atoms with E-state index in [0.29, 0.717) is 17.5 Å². The van der Waals surface area contributed by atoms with Gasteiger partial charge in [-0.2, -0.15) is 0 Å². The number of anilines is 2. The minimum absolute atomic E-state index is 0.111. The van der Waals surface area contributed by atoms with E-state index in [0.717, 1.165) is 24.9 Å². The summed E-state index contributed by atoms with van der Waals surface area (Å²) in [4.78, 5) is 25.0. The molecule has 6 rings (SSSR count). The number of amides is 2. The third-order valence-electron chi connectivity index (χ3n) is 7.65. The molecule has 4 bridgehead atoms. The average molecular weight is 403 g/mol. The largest absolute Gasteiger partial charge is 0.326 e. The molecule has 4 fully saturated rings. The van der Waals surface area contributed by atoms with E-state index in [1.54, 1.807) is 0 Å². The normalized spacial score (nSPS) is 31.4. The van der Waals surface area contributed by atoms with Crippen LogP contribution in [0.2, 0.25) is 0 Å². The number of hydrogen-bond donors (Lipinski definition) is 2. The maximum atomic E-state index is 13.6. The Bertz CT molecular complexity index is 980. The molecule has 2 aromatic rings. The highest BCUT2D eigenvalue weighted by Crippen LogP contribution is 2.66. The third-order valence-corrected chi connectivity index (χ3v) is 7.65. The first kappa shape index (κ1) is 19.3. The molecule has 2 N–H and O–H groups in total. The molecule has 2 aromatic carbocycles. The Labute approximate surface area is 178 Å². The monoisotopic (exact) mass is 402 g/mol. The first-order valence-corrected chi connectivity index (χ1v) is 11.1. The second-order valence-electron chi connectivity index (χ2n) is 10.1. The van der Waals surface area contributed by atoms with Gasteiger partial charge < -0.3 is 10.6 Å². The van der Waals surface area contributed by atoms with E-state index in [1.165, 1.54) is 37.3 Å². The number of carbonyl (C=O) groups excluding carboxylic acids is 2. The first-order valence-electron chi connectivity index (χ1n) is 11.1. The zero-order valence-electron chi connectivity index (χ0n) is 17.8. The van der Waals surface area contributed by atoms with Crippen molar-refractivity contribution in [2.24, 2.45) is 17.3 Å². The van der Waals surface area contributed by atoms with Gasteiger partial charge in [0.25, 0.3) is 0 Å². The number of hydrogen-bond acceptors (Lipinski definition) is 2. The molecule has 0 aliphatic heterocycles. The van der Waals surface area contributed by atoms with Gasteiger partial charge in [-0.05, 0) is 86.5 Å². The second-order valence-corrected chi connectivity index (χ2v) is 10.1. The quantitative estimate of drug-likeness (QED) is 0.716. The van der Waals surface area contributed by atoms with Gasteiger partial charge in [-0.15, -0.1) is 0 Å². The summed E-state index contributed by atoms with van der Waals surface area (Å²) in [5.41, 5.74) is 4.04. The van der Waals surface area contributed by atoms with Crippen molar-refractivity contribution in [2.75, 3.05) is 10.6 Å². The SMILES string of the molecule is CC(=O)Nc1cccc(NC(=O)C23CC4CC(C2)CC(c2ccc(C)cc2)(C4)C3)c1. The predicted octanol–water partition coefficient (Wildman–Crippen LogP) is 5.43. The van der Waals surface area contributed by atoms with Crippen molar-refractivity contribution in [1.82, 2.24) is 0 Å². The maximum absolute atomic E-state index is 13.6. The van der Waals surface area contributed by atoms with Crippen molar-refractivity contribution in [3.8, 4) is 0 Å². The topological polar surface area (TPSA) is 58.2 Å². The van der Waals surface area contributed by atoms with E-state index >= 15 is 0 Å². The Morgan fingerprint density at radius 2 is 1.53 bits per heavy atom. The van der Waals surface area contributed by atoms with Crippen molar-refractivity contribution >= 4 is 23.2 Å². The number of carbonyl (C=O) groups is 2. The fourth-order valence-corrected chi connectivity index (χ4v) is 6.91. The summed E-state index contributed by atoms with van der Waals surface area (Å²) in [5, 5.41) is 6.00. The van der Waals surface area contributed by atoms with Gasteiger partial charge in [0.2, 0.25) is 11.8 Å². The van der Waals surface area contributed by atoms with Gasteiger partial charge >= 0.3 is 0 Å². The minimum atomic E-state index is -0.279. The number of rotatable bonds is 4. The van der Waals surface area contributed by atoms with Crippen LogP contribution in [0.5, 0.6) is 0 Å². The molecule has 2 atom stereocenters. The summed E-state index contributed by atoms with van der Waals surface area (Å²) in [5.74, 6) is 1.33. The summed E-state index contributed by atoms with van der Waals surface area (Å²) in [6, 6.07) is 16.5. The zero-order valence-corrected chi connectivity index (χ0v) is 17.8. The van der Waals surface area contributed by atoms with Crippen LogP contribution in [0.4, 0.5) is 11.4 Å². The van der Waals surface area contributed by atoms with Gasteiger partial charge in [0.1, 0.15) is 0 Å². The Hall–Kier alpha value is -2.62. The molecule has 0 saturated heterocycles. The highest BCUT2D eigenvalue weighted by molar-refractivity contribution is 5.97. The van der Waals surface area contributed by atoms with Crippen molar-refractivity contribution in [2.45, 2.75) is 57.8 Å². The van der Waals surface area contributed by atoms with Crippen molar-refractivity contribution in [3.05, 3.63) is 59.7 Å². The molecule has 2 unspecified atom stereocenters. The van der Waals surface area contributed by atoms with Crippen molar-refractivity contribution < 1.29 is 9.59 Å². The summed E-state index contributed by atoms with van der Waals surface area (Å²) >= 11 is 0. The molecule has 0 radical (unpaired) electrons. The molecule has 30 heavy (non-hydrogen) atoms. The predicted molar refractivity (Wildman–Crippen MR) is 119 cm³/mol. The zero-order chi connectivity index (χ0) is 20.9. The van der Waals surface area contributed by atoms with Crippen LogP contribution in [0, 0.1) is 24.2 Å². The molecule has 0 spiro atoms. The van der Waals surface area contributed by atoms with Crippen LogP contribution in [0.15, 0.2) is 48.5 Å². The van der Waals surface area contributed by atoms with Gasteiger partial charge in [0, 0.05) is 18.3 Å². The van der Waals surface area contributed by atoms with E-state index in [1.807, 2.05) is 24.3 Å². The van der Waals surface area contributed by atoms with E-state index < -0.39 is 0 Å². The molecule has 0 heterocycles. The van der Waals surface area contributed by atoms with Crippen LogP contribution in [0.1, 0.15) is 56.6 Å². The Morgan fingerprint density at radius 1 is 0.900 bits per heavy atom. The molecule has 0 aromatic heterocycles. The lowest BCUT2D eigenvalue weighted by atomic mass is 9.42. The van der Waals surface area contributed by atoms with Crippen molar-refractivity contribution in [3.63, 3.8) is 0 Å². The molecule has 4 aliphatic rings. The highest BCUT2D eigenvalue weighted by Gasteiger charge is 2.60. The van der Waals surface area contributed by atoms with Crippen LogP contribution < -0.4 is 10.6 Å². The van der Waals surface area contributed by atoms with Crippen molar-refractivity contribution in [1.29, 1.82) is 0 Å². The van der Waals surface area contributed by atoms with Crippen LogP contribution in [-0.2, 0) is 15.0 Å². The van der Waals surface area contributed by atoms with Gasteiger partial charge in [-0.1, -0.05) is 35.9 Å². The number of aryl methyl sites for hydroxylation is 1. The molecule has 2 amide bonds. The molecule has 156 valence electrons. The third kappa shape index (κ3) is 3.32. The van der Waals surface area contributed by atoms with Crippen LogP contribution >= 0.6 is 0 Å². The summed E-state index contributed by atoms with van der Waals surface area (Å²) in [6.45, 7) is 3.62. The van der Waals surface area contributed by atoms with Crippen LogP contribution in [-0.4, -0.2) is 11.8 Å². The highest BCUT2D eigenvalue weighted by atomic mass is 16.2. The lowest BCUT2D eigenvalue weighted by Gasteiger charge is -2.61. The molecule has 4 aliphatic carbocycles. The molecule has 4 nitrogen and oxygen atoms in total. The number of nitrogens with one attached hydrogen (secondary N) is 2. The smallest absolute Gasteiger partial charge is 0.230 e. The Kier molecular flexibility index (Phi) is 4.49. The van der Waals surface area contributed by atoms with E-state index in [-0.39, 0.29) is 22.6 Å². The average Bonchev–Trinajstić information content (AvgIpc) is 2.67. The molecule has 4 heteroatoms. The first-order chi connectivity index (χ1) is 14.4. The summed E-state index contributed by atoms with van der Waals surface area (Å²) in [7, 11) is 0. The molecular formula is C26H30N2O2. The Balaban J connectivity index is 1.42. The van der Waals surface area contributed by atoms with Gasteiger partial charge in [-0.25, -0.2) is 0 Å². The fourth-order valence-electron chi connectivity index (χ4n) is 6.91. The lowest BCUT2D eigenvalue weighted by molar-refractivity contribution is -0.143. The van der Waals surface area contributed by atoms with E-state index in [9.17, 15) is 9.59 Å². The van der Waals surface area contributed by atoms with Gasteiger partial charge in [0.05, 0.1) is 5.41 Å². The second kappa shape index (κ2) is 6.97. The molecular weight excluding hydrogens is 372 g/mol. The van der Waals surface area contributed by atoms with Crippen LogP contribution in [0.3, 0.4) is 0 Å². The maximum Gasteiger partial charge on any atom is 0.230 e. The van der Waals surface area contributed by atoms with E-state index in [4.69, 9.17) is 0 Å². The van der Waals surface area contributed by atoms with Gasteiger partial charge in [0.15, 0.2) is 0 Å². The summed E-state index contributed by atoms with van der Waals surface area (Å²) in [6.07, 6.45) is 6.69. The minimum Gasteiger partial charge on any atom is -0.326 e. The molecule has 4 saturated carbocycles. The lowest BCUT2D eigenvalue weighted by Crippen LogP contribution is -2.57. The van der Waals surface area contributed by atoms with Crippen LogP contribution in [0.25, 0.3) is 0 Å².